The van der Waals surface area contributed by atoms with Gasteiger partial charge in [-0.3, -0.25) is 9.59 Å². The fraction of sp³-hybridized carbons (Fsp3) is 0.464. The summed E-state index contributed by atoms with van der Waals surface area (Å²) in [6.07, 6.45) is 4.40. The van der Waals surface area contributed by atoms with Crippen LogP contribution >= 0.6 is 0 Å². The SMILES string of the molecule is COCCN(CC(=O)N1N=C(c2ccc(OC)cc2)C[C@@H]1c1ccccc1OC)C(=O)C1CCCC1. The summed E-state index contributed by atoms with van der Waals surface area (Å²) in [5.41, 5.74) is 2.60. The van der Waals surface area contributed by atoms with Gasteiger partial charge in [0, 0.05) is 31.6 Å². The van der Waals surface area contributed by atoms with E-state index in [4.69, 9.17) is 19.3 Å². The average Bonchev–Trinajstić information content (AvgIpc) is 3.61. The first-order chi connectivity index (χ1) is 17.5. The first-order valence-corrected chi connectivity index (χ1v) is 12.5. The van der Waals surface area contributed by atoms with Crippen molar-refractivity contribution < 1.29 is 23.8 Å². The zero-order valence-electron chi connectivity index (χ0n) is 21.3. The molecular formula is C28H35N3O5. The fourth-order valence-electron chi connectivity index (χ4n) is 5.02. The number of hydrogen-bond acceptors (Lipinski definition) is 6. The van der Waals surface area contributed by atoms with E-state index in [9.17, 15) is 9.59 Å². The van der Waals surface area contributed by atoms with Gasteiger partial charge in [0.15, 0.2) is 0 Å². The molecule has 0 aromatic heterocycles. The van der Waals surface area contributed by atoms with E-state index in [1.165, 1.54) is 5.01 Å². The number of ether oxygens (including phenoxy) is 3. The maximum atomic E-state index is 13.7. The van der Waals surface area contributed by atoms with Crippen molar-refractivity contribution in [1.29, 1.82) is 0 Å². The molecule has 8 heteroatoms. The molecule has 0 saturated heterocycles. The smallest absolute Gasteiger partial charge is 0.262 e. The van der Waals surface area contributed by atoms with Gasteiger partial charge < -0.3 is 19.1 Å². The summed E-state index contributed by atoms with van der Waals surface area (Å²) in [5, 5.41) is 6.30. The van der Waals surface area contributed by atoms with Crippen molar-refractivity contribution in [2.24, 2.45) is 11.0 Å². The van der Waals surface area contributed by atoms with Crippen LogP contribution in [0.15, 0.2) is 53.6 Å². The average molecular weight is 494 g/mol. The van der Waals surface area contributed by atoms with Crippen molar-refractivity contribution in [3.8, 4) is 11.5 Å². The second-order valence-electron chi connectivity index (χ2n) is 9.21. The second-order valence-corrected chi connectivity index (χ2v) is 9.21. The van der Waals surface area contributed by atoms with Gasteiger partial charge in [0.25, 0.3) is 5.91 Å². The van der Waals surface area contributed by atoms with E-state index in [0.717, 1.165) is 48.3 Å². The van der Waals surface area contributed by atoms with E-state index < -0.39 is 0 Å². The van der Waals surface area contributed by atoms with Crippen molar-refractivity contribution in [3.63, 3.8) is 0 Å². The molecule has 0 unspecified atom stereocenters. The minimum absolute atomic E-state index is 0.0170. The monoisotopic (exact) mass is 493 g/mol. The maximum Gasteiger partial charge on any atom is 0.262 e. The normalized spacial score (nSPS) is 17.7. The van der Waals surface area contributed by atoms with Crippen LogP contribution < -0.4 is 9.47 Å². The number of hydrogen-bond donors (Lipinski definition) is 0. The van der Waals surface area contributed by atoms with Crippen LogP contribution in [-0.4, -0.2) is 68.5 Å². The Labute approximate surface area is 212 Å². The Morgan fingerprint density at radius 2 is 1.72 bits per heavy atom. The molecule has 192 valence electrons. The van der Waals surface area contributed by atoms with Crippen LogP contribution in [0.25, 0.3) is 0 Å². The van der Waals surface area contributed by atoms with Crippen LogP contribution in [-0.2, 0) is 14.3 Å². The van der Waals surface area contributed by atoms with Crippen LogP contribution in [0.2, 0.25) is 0 Å². The van der Waals surface area contributed by atoms with Crippen molar-refractivity contribution in [2.75, 3.05) is 41.0 Å². The van der Waals surface area contributed by atoms with Crippen molar-refractivity contribution in [2.45, 2.75) is 38.1 Å². The summed E-state index contributed by atoms with van der Waals surface area (Å²) in [7, 11) is 4.85. The lowest BCUT2D eigenvalue weighted by Gasteiger charge is -2.29. The predicted molar refractivity (Wildman–Crippen MR) is 137 cm³/mol. The third kappa shape index (κ3) is 5.70. The van der Waals surface area contributed by atoms with Crippen LogP contribution in [0.1, 0.15) is 49.3 Å². The maximum absolute atomic E-state index is 13.7. The van der Waals surface area contributed by atoms with E-state index in [1.807, 2.05) is 48.5 Å². The number of nitrogens with zero attached hydrogens (tertiary/aromatic N) is 3. The van der Waals surface area contributed by atoms with Gasteiger partial charge in [0.1, 0.15) is 18.0 Å². The van der Waals surface area contributed by atoms with Gasteiger partial charge >= 0.3 is 0 Å². The number of benzene rings is 2. The Bertz CT molecular complexity index is 1080. The molecule has 4 rings (SSSR count). The van der Waals surface area contributed by atoms with Crippen LogP contribution in [0.4, 0.5) is 0 Å². The minimum atomic E-state index is -0.336. The lowest BCUT2D eigenvalue weighted by atomic mass is 9.97. The molecule has 0 bridgehead atoms. The topological polar surface area (TPSA) is 80.7 Å². The number of para-hydroxylation sites is 1. The highest BCUT2D eigenvalue weighted by molar-refractivity contribution is 6.03. The summed E-state index contributed by atoms with van der Waals surface area (Å²) in [4.78, 5) is 28.6. The second kappa shape index (κ2) is 12.0. The molecule has 8 nitrogen and oxygen atoms in total. The van der Waals surface area contributed by atoms with Gasteiger partial charge in [-0.25, -0.2) is 5.01 Å². The number of rotatable bonds is 10. The van der Waals surface area contributed by atoms with E-state index >= 15 is 0 Å². The van der Waals surface area contributed by atoms with E-state index in [-0.39, 0.29) is 30.3 Å². The molecule has 2 aliphatic rings. The molecular weight excluding hydrogens is 458 g/mol. The van der Waals surface area contributed by atoms with Gasteiger partial charge in [-0.05, 0) is 48.7 Å². The van der Waals surface area contributed by atoms with Gasteiger partial charge in [-0.1, -0.05) is 31.0 Å². The van der Waals surface area contributed by atoms with E-state index in [2.05, 4.69) is 0 Å². The minimum Gasteiger partial charge on any atom is -0.497 e. The largest absolute Gasteiger partial charge is 0.497 e. The predicted octanol–water partition coefficient (Wildman–Crippen LogP) is 4.05. The molecule has 2 aromatic rings. The van der Waals surface area contributed by atoms with Gasteiger partial charge in [0.2, 0.25) is 5.91 Å². The first kappa shape index (κ1) is 25.7. The highest BCUT2D eigenvalue weighted by Gasteiger charge is 2.37. The standard InChI is InChI=1S/C28H35N3O5/c1-34-17-16-30(28(33)21-8-4-5-9-21)19-27(32)31-25(23-10-6-7-11-26(23)36-3)18-24(29-31)20-12-14-22(35-2)15-13-20/h6-7,10-15,21,25H,4-5,8-9,16-19H2,1-3H3/t25-/m1/s1. The van der Waals surface area contributed by atoms with Crippen molar-refractivity contribution >= 4 is 17.5 Å². The molecule has 0 spiro atoms. The first-order valence-electron chi connectivity index (χ1n) is 12.5. The van der Waals surface area contributed by atoms with Gasteiger partial charge in [-0.2, -0.15) is 5.10 Å². The summed E-state index contributed by atoms with van der Waals surface area (Å²) in [6, 6.07) is 15.0. The number of hydrazone groups is 1. The molecule has 1 aliphatic heterocycles. The fourth-order valence-corrected chi connectivity index (χ4v) is 5.02. The molecule has 0 N–H and O–H groups in total. The lowest BCUT2D eigenvalue weighted by molar-refractivity contribution is -0.144. The Morgan fingerprint density at radius 1 is 1.00 bits per heavy atom. The third-order valence-electron chi connectivity index (χ3n) is 6.99. The highest BCUT2D eigenvalue weighted by Crippen LogP contribution is 2.38. The molecule has 0 radical (unpaired) electrons. The Kier molecular flexibility index (Phi) is 8.59. The molecule has 1 aliphatic carbocycles. The van der Waals surface area contributed by atoms with Crippen LogP contribution in [0, 0.1) is 5.92 Å². The van der Waals surface area contributed by atoms with Crippen LogP contribution in [0.5, 0.6) is 11.5 Å². The molecule has 36 heavy (non-hydrogen) atoms. The molecule has 1 saturated carbocycles. The number of methoxy groups -OCH3 is 3. The molecule has 1 heterocycles. The van der Waals surface area contributed by atoms with Gasteiger partial charge in [0.05, 0.1) is 32.6 Å². The Morgan fingerprint density at radius 3 is 2.39 bits per heavy atom. The van der Waals surface area contributed by atoms with Crippen LogP contribution in [0.3, 0.4) is 0 Å². The Balaban J connectivity index is 1.62. The highest BCUT2D eigenvalue weighted by atomic mass is 16.5. The van der Waals surface area contributed by atoms with Crippen molar-refractivity contribution in [3.05, 3.63) is 59.7 Å². The molecule has 1 atom stereocenters. The number of amides is 2. The zero-order valence-corrected chi connectivity index (χ0v) is 21.3. The molecule has 1 fully saturated rings. The van der Waals surface area contributed by atoms with Crippen molar-refractivity contribution in [1.82, 2.24) is 9.91 Å². The molecule has 2 aromatic carbocycles. The van der Waals surface area contributed by atoms with Gasteiger partial charge in [-0.15, -0.1) is 0 Å². The summed E-state index contributed by atoms with van der Waals surface area (Å²) >= 11 is 0. The molecule has 2 amide bonds. The quantitative estimate of drug-likeness (QED) is 0.499. The number of carbonyl (C=O) groups excluding carboxylic acids is 2. The summed E-state index contributed by atoms with van der Waals surface area (Å²) in [6.45, 7) is 0.714. The summed E-state index contributed by atoms with van der Waals surface area (Å²) < 4.78 is 16.1. The number of carbonyl (C=O) groups is 2. The van der Waals surface area contributed by atoms with E-state index in [0.29, 0.717) is 25.3 Å². The lowest BCUT2D eigenvalue weighted by Crippen LogP contribution is -2.44. The third-order valence-corrected chi connectivity index (χ3v) is 6.99. The Hall–Kier alpha value is -3.39. The van der Waals surface area contributed by atoms with E-state index in [1.54, 1.807) is 26.2 Å². The summed E-state index contributed by atoms with van der Waals surface area (Å²) in [5.74, 6) is 1.24. The zero-order chi connectivity index (χ0) is 25.5.